The van der Waals surface area contributed by atoms with Crippen LogP contribution in [-0.4, -0.2) is 37.9 Å². The van der Waals surface area contributed by atoms with E-state index in [0.29, 0.717) is 0 Å². The summed E-state index contributed by atoms with van der Waals surface area (Å²) in [7, 11) is -0.938. The molecular weight excluding hydrogens is 203 g/mol. The molecular formula is C13H31OP. The maximum atomic E-state index is 5.87. The zero-order chi connectivity index (χ0) is 11.9. The second-order valence-corrected chi connectivity index (χ2v) is 11.0. The van der Waals surface area contributed by atoms with Gasteiger partial charge < -0.3 is 0 Å². The summed E-state index contributed by atoms with van der Waals surface area (Å²) in [5, 5.41) is 0. The van der Waals surface area contributed by atoms with Crippen LogP contribution in [0.1, 0.15) is 47.0 Å². The van der Waals surface area contributed by atoms with Gasteiger partial charge in [-0.05, 0) is 0 Å². The van der Waals surface area contributed by atoms with Crippen molar-refractivity contribution in [3.8, 4) is 0 Å². The topological polar surface area (TPSA) is 9.23 Å². The Bertz CT molecular complexity index is 168. The van der Waals surface area contributed by atoms with E-state index in [9.17, 15) is 0 Å². The molecule has 0 aliphatic carbocycles. The molecule has 0 bridgehead atoms. The molecule has 0 saturated heterocycles. The van der Waals surface area contributed by atoms with Crippen molar-refractivity contribution in [1.82, 2.24) is 0 Å². The normalized spacial score (nSPS) is 17.5. The van der Waals surface area contributed by atoms with Crippen molar-refractivity contribution in [2.24, 2.45) is 0 Å². The van der Waals surface area contributed by atoms with Gasteiger partial charge >= 0.3 is 96.8 Å². The fraction of sp³-hybridized carbons (Fsp3) is 1.00. The van der Waals surface area contributed by atoms with Crippen LogP contribution in [0.5, 0.6) is 0 Å². The van der Waals surface area contributed by atoms with Crippen LogP contribution in [0.2, 0.25) is 0 Å². The molecule has 1 nitrogen and oxygen atoms in total. The van der Waals surface area contributed by atoms with Gasteiger partial charge in [-0.2, -0.15) is 0 Å². The molecule has 0 aromatic carbocycles. The average Bonchev–Trinajstić information content (AvgIpc) is 2.16. The molecule has 0 saturated carbocycles. The Balaban J connectivity index is 4.09. The Hall–Kier alpha value is 0.390. The standard InChI is InChI=1S/C13H31OP/c1-7-11-15(5,6)12-10-13(4,8-2)14-9-3/h15H,7-12H2,1-6H3. The summed E-state index contributed by atoms with van der Waals surface area (Å²) in [6, 6.07) is 0. The average molecular weight is 234 g/mol. The summed E-state index contributed by atoms with van der Waals surface area (Å²) in [6.45, 7) is 14.8. The quantitative estimate of drug-likeness (QED) is 0.577. The molecule has 1 atom stereocenters. The molecule has 1 unspecified atom stereocenters. The van der Waals surface area contributed by atoms with E-state index in [2.05, 4.69) is 41.0 Å². The molecule has 0 aliphatic rings. The summed E-state index contributed by atoms with van der Waals surface area (Å²) >= 11 is 0. The van der Waals surface area contributed by atoms with Crippen LogP contribution >= 0.6 is 7.26 Å². The summed E-state index contributed by atoms with van der Waals surface area (Å²) in [6.07, 6.45) is 6.59. The predicted octanol–water partition coefficient (Wildman–Crippen LogP) is 4.00. The van der Waals surface area contributed by atoms with Crippen LogP contribution in [0.4, 0.5) is 0 Å². The Morgan fingerprint density at radius 2 is 1.67 bits per heavy atom. The Morgan fingerprint density at radius 3 is 2.07 bits per heavy atom. The summed E-state index contributed by atoms with van der Waals surface area (Å²) in [4.78, 5) is 0. The van der Waals surface area contributed by atoms with E-state index in [1.165, 1.54) is 25.2 Å². The zero-order valence-corrected chi connectivity index (χ0v) is 12.7. The summed E-state index contributed by atoms with van der Waals surface area (Å²) in [5.41, 5.74) is 0.132. The molecule has 15 heavy (non-hydrogen) atoms. The van der Waals surface area contributed by atoms with E-state index in [1.54, 1.807) is 0 Å². The maximum absolute atomic E-state index is 5.87. The molecule has 0 rings (SSSR count). The molecule has 0 spiro atoms. The minimum absolute atomic E-state index is 0.132. The van der Waals surface area contributed by atoms with E-state index in [0.717, 1.165) is 13.0 Å². The first-order chi connectivity index (χ1) is 6.89. The van der Waals surface area contributed by atoms with Gasteiger partial charge in [-0.15, -0.1) is 0 Å². The van der Waals surface area contributed by atoms with Crippen molar-refractivity contribution >= 4 is 7.26 Å². The van der Waals surface area contributed by atoms with Crippen molar-refractivity contribution < 1.29 is 4.74 Å². The molecule has 0 amide bonds. The number of ether oxygens (including phenoxy) is 1. The molecule has 0 aliphatic heterocycles. The van der Waals surface area contributed by atoms with Crippen molar-refractivity contribution in [2.45, 2.75) is 52.6 Å². The SMILES string of the molecule is CCC[PH](C)(C)CCC(C)(CC)OCC. The Labute approximate surface area is 97.3 Å². The zero-order valence-electron chi connectivity index (χ0n) is 11.7. The first-order valence-electron chi connectivity index (χ1n) is 6.53. The van der Waals surface area contributed by atoms with Gasteiger partial charge in [-0.25, -0.2) is 0 Å². The second-order valence-electron chi connectivity index (χ2n) is 5.65. The molecule has 0 fully saturated rings. The van der Waals surface area contributed by atoms with Crippen LogP contribution in [0, 0.1) is 0 Å². The summed E-state index contributed by atoms with van der Waals surface area (Å²) < 4.78 is 5.87. The van der Waals surface area contributed by atoms with Gasteiger partial charge in [-0.3, -0.25) is 0 Å². The molecule has 0 aromatic heterocycles. The van der Waals surface area contributed by atoms with Crippen molar-refractivity contribution in [3.05, 3.63) is 0 Å². The molecule has 0 N–H and O–H groups in total. The molecule has 0 aromatic rings. The monoisotopic (exact) mass is 234 g/mol. The van der Waals surface area contributed by atoms with E-state index in [4.69, 9.17) is 4.74 Å². The first kappa shape index (κ1) is 15.4. The number of hydrogen-bond acceptors (Lipinski definition) is 1. The third kappa shape index (κ3) is 6.53. The Kier molecular flexibility index (Phi) is 7.04. The molecule has 94 valence electrons. The fourth-order valence-corrected chi connectivity index (χ4v) is 4.91. The molecule has 2 heteroatoms. The first-order valence-corrected chi connectivity index (χ1v) is 9.94. The third-order valence-electron chi connectivity index (χ3n) is 3.50. The van der Waals surface area contributed by atoms with Gasteiger partial charge in [0.15, 0.2) is 0 Å². The van der Waals surface area contributed by atoms with E-state index in [1.807, 2.05) is 0 Å². The fourth-order valence-electron chi connectivity index (χ4n) is 2.10. The Morgan fingerprint density at radius 1 is 1.07 bits per heavy atom. The van der Waals surface area contributed by atoms with Gasteiger partial charge in [0, 0.05) is 0 Å². The van der Waals surface area contributed by atoms with Crippen LogP contribution in [-0.2, 0) is 4.74 Å². The third-order valence-corrected chi connectivity index (χ3v) is 6.96. The van der Waals surface area contributed by atoms with E-state index >= 15 is 0 Å². The van der Waals surface area contributed by atoms with Gasteiger partial charge in [0.2, 0.25) is 0 Å². The molecule has 0 heterocycles. The van der Waals surface area contributed by atoms with Crippen LogP contribution < -0.4 is 0 Å². The van der Waals surface area contributed by atoms with Crippen molar-refractivity contribution in [1.29, 1.82) is 0 Å². The van der Waals surface area contributed by atoms with Crippen LogP contribution in [0.15, 0.2) is 0 Å². The number of hydrogen-bond donors (Lipinski definition) is 0. The summed E-state index contributed by atoms with van der Waals surface area (Å²) in [5.74, 6) is 0. The van der Waals surface area contributed by atoms with E-state index in [-0.39, 0.29) is 5.60 Å². The van der Waals surface area contributed by atoms with Gasteiger partial charge in [0.05, 0.1) is 0 Å². The molecule has 0 radical (unpaired) electrons. The van der Waals surface area contributed by atoms with Gasteiger partial charge in [0.1, 0.15) is 0 Å². The van der Waals surface area contributed by atoms with Crippen LogP contribution in [0.25, 0.3) is 0 Å². The van der Waals surface area contributed by atoms with E-state index < -0.39 is 7.26 Å². The van der Waals surface area contributed by atoms with Crippen molar-refractivity contribution in [2.75, 3.05) is 32.3 Å². The second kappa shape index (κ2) is 6.86. The minimum atomic E-state index is -0.938. The number of rotatable bonds is 8. The van der Waals surface area contributed by atoms with Gasteiger partial charge in [-0.1, -0.05) is 0 Å². The van der Waals surface area contributed by atoms with Crippen molar-refractivity contribution in [3.63, 3.8) is 0 Å². The van der Waals surface area contributed by atoms with Gasteiger partial charge in [0.25, 0.3) is 0 Å². The predicted molar refractivity (Wildman–Crippen MR) is 75.1 cm³/mol. The van der Waals surface area contributed by atoms with Crippen LogP contribution in [0.3, 0.4) is 0 Å².